The van der Waals surface area contributed by atoms with Crippen molar-refractivity contribution in [3.8, 4) is 11.3 Å². The molecule has 1 saturated carbocycles. The number of likely N-dealkylation sites (N-methyl/N-ethyl adjacent to an activating group) is 1. The van der Waals surface area contributed by atoms with E-state index in [9.17, 15) is 29.4 Å². The van der Waals surface area contributed by atoms with Crippen LogP contribution in [0.25, 0.3) is 11.3 Å². The average molecular weight is 717 g/mol. The van der Waals surface area contributed by atoms with Gasteiger partial charge in [0, 0.05) is 43.9 Å². The van der Waals surface area contributed by atoms with Gasteiger partial charge in [0.05, 0.1) is 24.9 Å². The lowest BCUT2D eigenvalue weighted by Crippen LogP contribution is -2.64. The summed E-state index contributed by atoms with van der Waals surface area (Å²) in [6, 6.07) is 20.7. The number of ether oxygens (including phenoxy) is 1. The number of aromatic nitrogens is 1. The molecular formula is C39H52N6O7. The van der Waals surface area contributed by atoms with Crippen molar-refractivity contribution in [3.63, 3.8) is 0 Å². The van der Waals surface area contributed by atoms with Crippen molar-refractivity contribution in [2.45, 2.75) is 78.2 Å². The summed E-state index contributed by atoms with van der Waals surface area (Å²) in [5.74, 6) is -1.25. The molecule has 5 N–H and O–H groups in total. The molecule has 52 heavy (non-hydrogen) atoms. The van der Waals surface area contributed by atoms with Crippen molar-refractivity contribution >= 4 is 24.0 Å². The molecule has 280 valence electrons. The number of aliphatic hydroxyl groups excluding tert-OH is 1. The molecule has 0 saturated heterocycles. The van der Waals surface area contributed by atoms with E-state index in [0.717, 1.165) is 27.3 Å². The number of pyridine rings is 1. The number of hydrogen-bond acceptors (Lipinski definition) is 8. The number of aliphatic hydroxyl groups is 1. The molecule has 13 heteroatoms. The highest BCUT2D eigenvalue weighted by Gasteiger charge is 2.53. The van der Waals surface area contributed by atoms with Crippen LogP contribution >= 0.6 is 0 Å². The molecule has 0 unspecified atom stereocenters. The molecule has 1 aromatic heterocycles. The fraction of sp³-hybridized carbons (Fsp3) is 0.462. The van der Waals surface area contributed by atoms with Crippen LogP contribution in [0, 0.1) is 16.7 Å². The normalized spacial score (nSPS) is 18.2. The Morgan fingerprint density at radius 3 is 2.19 bits per heavy atom. The van der Waals surface area contributed by atoms with Gasteiger partial charge >= 0.3 is 12.2 Å². The molecule has 4 rings (SSSR count). The number of amides is 4. The third-order valence-electron chi connectivity index (χ3n) is 9.87. The number of nitrogens with one attached hydrogen (secondary N) is 3. The summed E-state index contributed by atoms with van der Waals surface area (Å²) in [6.45, 7) is 9.22. The molecule has 1 aliphatic rings. The second-order valence-electron chi connectivity index (χ2n) is 15.1. The van der Waals surface area contributed by atoms with E-state index >= 15 is 0 Å². The fourth-order valence-corrected chi connectivity index (χ4v) is 6.77. The van der Waals surface area contributed by atoms with Crippen molar-refractivity contribution in [3.05, 3.63) is 90.1 Å². The van der Waals surface area contributed by atoms with E-state index in [1.165, 1.54) is 14.2 Å². The SMILES string of the molecule is COC(=O)N[C@H]1C[C@@H](C(=O)N[C@@H](Cc2ccccc2)[C@@H](O)CN(Cc2ccc(-c3ccccn3)cc2)NC(=O)[C@@H](N(C)C(=O)O)C(C)(C)C)C1(C)C. The number of hydrogen-bond donors (Lipinski definition) is 5. The first kappa shape index (κ1) is 39.8. The molecule has 1 fully saturated rings. The van der Waals surface area contributed by atoms with Gasteiger partial charge in [0.25, 0.3) is 5.91 Å². The Labute approximate surface area is 305 Å². The highest BCUT2D eigenvalue weighted by atomic mass is 16.5. The molecule has 0 bridgehead atoms. The molecule has 5 atom stereocenters. The molecule has 0 radical (unpaired) electrons. The molecule has 0 aliphatic heterocycles. The maximum absolute atomic E-state index is 13.9. The maximum atomic E-state index is 13.9. The van der Waals surface area contributed by atoms with Gasteiger partial charge in [-0.3, -0.25) is 24.9 Å². The third-order valence-corrected chi connectivity index (χ3v) is 9.87. The monoisotopic (exact) mass is 716 g/mol. The molecule has 13 nitrogen and oxygen atoms in total. The van der Waals surface area contributed by atoms with Crippen molar-refractivity contribution in [1.29, 1.82) is 0 Å². The van der Waals surface area contributed by atoms with Crippen LogP contribution in [0.5, 0.6) is 0 Å². The molecule has 4 amide bonds. The van der Waals surface area contributed by atoms with E-state index in [4.69, 9.17) is 4.74 Å². The number of benzene rings is 2. The van der Waals surface area contributed by atoms with E-state index in [2.05, 4.69) is 21.0 Å². The number of carbonyl (C=O) groups is 4. The zero-order chi connectivity index (χ0) is 38.2. The summed E-state index contributed by atoms with van der Waals surface area (Å²) >= 11 is 0. The summed E-state index contributed by atoms with van der Waals surface area (Å²) in [7, 11) is 2.64. The zero-order valence-corrected chi connectivity index (χ0v) is 31.0. The fourth-order valence-electron chi connectivity index (χ4n) is 6.77. The third kappa shape index (κ3) is 10.1. The summed E-state index contributed by atoms with van der Waals surface area (Å²) in [4.78, 5) is 56.9. The summed E-state index contributed by atoms with van der Waals surface area (Å²) in [5, 5.41) is 29.1. The topological polar surface area (TPSA) is 173 Å². The molecule has 3 aromatic rings. The number of carbonyl (C=O) groups excluding carboxylic acids is 3. The van der Waals surface area contributed by atoms with Crippen LogP contribution in [0.2, 0.25) is 0 Å². The quantitative estimate of drug-likeness (QED) is 0.151. The number of hydrazine groups is 1. The number of nitrogens with zero attached hydrogens (tertiary/aromatic N) is 3. The number of rotatable bonds is 14. The second-order valence-corrected chi connectivity index (χ2v) is 15.1. The first-order valence-electron chi connectivity index (χ1n) is 17.4. The standard InChI is InChI=1S/C39H52N6O7/c1-38(2,3)33(44(6)37(50)51)35(48)43-45(23-26-16-18-27(19-17-26)29-15-11-12-20-40-29)24-31(46)30(21-25-13-9-8-10-14-25)41-34(47)28-22-32(39(28,4)5)42-36(49)52-7/h8-20,28,30-33,46H,21-24H2,1-7H3,(H,41,47)(H,42,49)(H,43,48)(H,50,51)/t28-,30-,31-,32-,33+/m0/s1. The molecule has 1 aliphatic carbocycles. The highest BCUT2D eigenvalue weighted by Crippen LogP contribution is 2.46. The minimum atomic E-state index is -1.25. The zero-order valence-electron chi connectivity index (χ0n) is 31.0. The minimum absolute atomic E-state index is 0.0975. The number of methoxy groups -OCH3 is 1. The second kappa shape index (κ2) is 17.0. The summed E-state index contributed by atoms with van der Waals surface area (Å²) in [5.41, 5.74) is 4.99. The predicted molar refractivity (Wildman–Crippen MR) is 197 cm³/mol. The maximum Gasteiger partial charge on any atom is 0.407 e. The minimum Gasteiger partial charge on any atom is -0.465 e. The van der Waals surface area contributed by atoms with E-state index < -0.39 is 53.0 Å². The van der Waals surface area contributed by atoms with Gasteiger partial charge in [0.1, 0.15) is 6.04 Å². The van der Waals surface area contributed by atoms with E-state index in [0.29, 0.717) is 12.8 Å². The van der Waals surface area contributed by atoms with Crippen molar-refractivity contribution in [2.75, 3.05) is 20.7 Å². The van der Waals surface area contributed by atoms with Gasteiger partial charge < -0.3 is 25.6 Å². The molecule has 0 spiro atoms. The van der Waals surface area contributed by atoms with Crippen LogP contribution in [0.1, 0.15) is 52.2 Å². The Morgan fingerprint density at radius 2 is 1.63 bits per heavy atom. The van der Waals surface area contributed by atoms with Gasteiger partial charge in [-0.2, -0.15) is 0 Å². The number of carboxylic acid groups (broad SMARTS) is 1. The van der Waals surface area contributed by atoms with E-state index in [1.807, 2.05) is 86.6 Å². The van der Waals surface area contributed by atoms with Gasteiger partial charge in [-0.15, -0.1) is 0 Å². The van der Waals surface area contributed by atoms with E-state index in [-0.39, 0.29) is 25.0 Å². The molecule has 2 aromatic carbocycles. The summed E-state index contributed by atoms with van der Waals surface area (Å²) in [6.07, 6.45) is -0.557. The Morgan fingerprint density at radius 1 is 0.981 bits per heavy atom. The predicted octanol–water partition coefficient (Wildman–Crippen LogP) is 4.47. The lowest BCUT2D eigenvalue weighted by molar-refractivity contribution is -0.140. The average Bonchev–Trinajstić information content (AvgIpc) is 3.09. The van der Waals surface area contributed by atoms with Gasteiger partial charge in [0.2, 0.25) is 5.91 Å². The highest BCUT2D eigenvalue weighted by molar-refractivity contribution is 5.85. The first-order chi connectivity index (χ1) is 24.5. The summed E-state index contributed by atoms with van der Waals surface area (Å²) < 4.78 is 4.75. The van der Waals surface area contributed by atoms with Crippen LogP contribution in [0.4, 0.5) is 9.59 Å². The smallest absolute Gasteiger partial charge is 0.407 e. The Hall–Kier alpha value is -5.01. The lowest BCUT2D eigenvalue weighted by Gasteiger charge is -2.51. The van der Waals surface area contributed by atoms with E-state index in [1.54, 1.807) is 32.0 Å². The Balaban J connectivity index is 1.60. The molecule has 1 heterocycles. The van der Waals surface area contributed by atoms with Crippen LogP contribution in [0.3, 0.4) is 0 Å². The largest absolute Gasteiger partial charge is 0.465 e. The molecular weight excluding hydrogens is 664 g/mol. The van der Waals surface area contributed by atoms with Crippen LogP contribution in [0.15, 0.2) is 79.0 Å². The van der Waals surface area contributed by atoms with Gasteiger partial charge in [0.15, 0.2) is 0 Å². The van der Waals surface area contributed by atoms with Crippen LogP contribution in [-0.2, 0) is 27.3 Å². The van der Waals surface area contributed by atoms with Gasteiger partial charge in [-0.1, -0.05) is 95.3 Å². The van der Waals surface area contributed by atoms with Crippen LogP contribution in [-0.4, -0.2) is 94.0 Å². The van der Waals surface area contributed by atoms with Crippen molar-refractivity contribution in [2.24, 2.45) is 16.7 Å². The Bertz CT molecular complexity index is 1660. The van der Waals surface area contributed by atoms with Crippen molar-refractivity contribution in [1.82, 2.24) is 31.0 Å². The van der Waals surface area contributed by atoms with Crippen LogP contribution < -0.4 is 16.1 Å². The van der Waals surface area contributed by atoms with Gasteiger partial charge in [-0.25, -0.2) is 14.6 Å². The number of alkyl carbamates (subject to hydrolysis) is 1. The Kier molecular flexibility index (Phi) is 13.0. The first-order valence-corrected chi connectivity index (χ1v) is 17.4. The lowest BCUT2D eigenvalue weighted by atomic mass is 9.58. The van der Waals surface area contributed by atoms with Crippen molar-refractivity contribution < 1.29 is 34.1 Å². The van der Waals surface area contributed by atoms with Gasteiger partial charge in [-0.05, 0) is 46.9 Å².